The van der Waals surface area contributed by atoms with Gasteiger partial charge in [0.1, 0.15) is 0 Å². The molecule has 188 valence electrons. The van der Waals surface area contributed by atoms with Crippen molar-refractivity contribution >= 4 is 11.8 Å². The van der Waals surface area contributed by atoms with Crippen LogP contribution in [-0.2, 0) is 27.3 Å². The summed E-state index contributed by atoms with van der Waals surface area (Å²) in [5.41, 5.74) is 2.62. The van der Waals surface area contributed by atoms with E-state index >= 15 is 0 Å². The third kappa shape index (κ3) is 4.90. The molecule has 0 bridgehead atoms. The maximum Gasteiger partial charge on any atom is 0.226 e. The number of aliphatic hydroxyl groups excluding tert-OH is 1. The lowest BCUT2D eigenvalue weighted by molar-refractivity contribution is -0.151. The Hall–Kier alpha value is -1.92. The molecule has 2 aliphatic carbocycles. The maximum atomic E-state index is 13.5. The predicted molar refractivity (Wildman–Crippen MR) is 132 cm³/mol. The normalized spacial score (nSPS) is 34.0. The zero-order chi connectivity index (χ0) is 24.5. The van der Waals surface area contributed by atoms with Gasteiger partial charge >= 0.3 is 0 Å². The number of methoxy groups -OCH3 is 1. The third-order valence-electron chi connectivity index (χ3n) is 9.24. The molecular weight excluding hydrogens is 428 g/mol. The quantitative estimate of drug-likeness (QED) is 0.666. The number of fused-ring (bicyclic) bond motifs is 2. The minimum atomic E-state index is -0.538. The molecule has 0 saturated heterocycles. The molecule has 34 heavy (non-hydrogen) atoms. The van der Waals surface area contributed by atoms with Crippen LogP contribution < -0.4 is 5.32 Å². The van der Waals surface area contributed by atoms with Gasteiger partial charge in [-0.05, 0) is 66.4 Å². The van der Waals surface area contributed by atoms with Crippen molar-refractivity contribution in [2.45, 2.75) is 78.0 Å². The third-order valence-corrected chi connectivity index (χ3v) is 9.24. The predicted octanol–water partition coefficient (Wildman–Crippen LogP) is 3.55. The molecule has 7 atom stereocenters. The van der Waals surface area contributed by atoms with Crippen molar-refractivity contribution in [3.63, 3.8) is 0 Å². The van der Waals surface area contributed by atoms with Crippen molar-refractivity contribution < 1.29 is 19.4 Å². The Morgan fingerprint density at radius 1 is 1.24 bits per heavy atom. The van der Waals surface area contributed by atoms with E-state index in [4.69, 9.17) is 4.74 Å². The fourth-order valence-electron chi connectivity index (χ4n) is 7.13. The van der Waals surface area contributed by atoms with Crippen LogP contribution in [0.3, 0.4) is 0 Å². The first-order valence-corrected chi connectivity index (χ1v) is 13.1. The number of nitrogens with one attached hydrogen (secondary N) is 1. The number of aliphatic hydroxyl groups is 1. The Morgan fingerprint density at radius 2 is 1.94 bits per heavy atom. The van der Waals surface area contributed by atoms with E-state index in [2.05, 4.69) is 37.4 Å². The lowest BCUT2D eigenvalue weighted by atomic mass is 9.51. The highest BCUT2D eigenvalue weighted by molar-refractivity contribution is 5.79. The van der Waals surface area contributed by atoms with Crippen LogP contribution >= 0.6 is 0 Å². The molecule has 0 radical (unpaired) electrons. The minimum Gasteiger partial charge on any atom is -0.392 e. The fourth-order valence-corrected chi connectivity index (χ4v) is 7.13. The monoisotopic (exact) mass is 470 g/mol. The van der Waals surface area contributed by atoms with Gasteiger partial charge in [0, 0.05) is 38.6 Å². The van der Waals surface area contributed by atoms with Crippen molar-refractivity contribution in [3.05, 3.63) is 35.4 Å². The average Bonchev–Trinajstić information content (AvgIpc) is 2.83. The van der Waals surface area contributed by atoms with Gasteiger partial charge in [0.15, 0.2) is 0 Å². The molecule has 7 unspecified atom stereocenters. The van der Waals surface area contributed by atoms with Gasteiger partial charge < -0.3 is 20.1 Å². The summed E-state index contributed by atoms with van der Waals surface area (Å²) in [6.45, 7) is 8.30. The Bertz CT molecular complexity index is 889. The van der Waals surface area contributed by atoms with Gasteiger partial charge in [-0.3, -0.25) is 9.59 Å². The van der Waals surface area contributed by atoms with Crippen LogP contribution in [0, 0.1) is 29.1 Å². The summed E-state index contributed by atoms with van der Waals surface area (Å²) in [5, 5.41) is 14.9. The largest absolute Gasteiger partial charge is 0.392 e. The molecule has 4 rings (SSSR count). The second kappa shape index (κ2) is 10.4. The van der Waals surface area contributed by atoms with Crippen LogP contribution in [0.2, 0.25) is 0 Å². The summed E-state index contributed by atoms with van der Waals surface area (Å²) in [6, 6.07) is 8.43. The Kier molecular flexibility index (Phi) is 7.68. The highest BCUT2D eigenvalue weighted by Gasteiger charge is 2.54. The second-order valence-corrected chi connectivity index (χ2v) is 11.3. The van der Waals surface area contributed by atoms with Crippen molar-refractivity contribution in [1.82, 2.24) is 10.2 Å². The molecule has 2 amide bonds. The fraction of sp³-hybridized carbons (Fsp3) is 0.714. The topological polar surface area (TPSA) is 78.9 Å². The Labute approximate surface area is 204 Å². The van der Waals surface area contributed by atoms with Crippen molar-refractivity contribution in [2.24, 2.45) is 29.1 Å². The van der Waals surface area contributed by atoms with Crippen LogP contribution in [-0.4, -0.2) is 54.2 Å². The van der Waals surface area contributed by atoms with E-state index in [1.54, 1.807) is 7.11 Å². The summed E-state index contributed by atoms with van der Waals surface area (Å²) < 4.78 is 5.04. The van der Waals surface area contributed by atoms with Crippen LogP contribution in [0.5, 0.6) is 0 Å². The van der Waals surface area contributed by atoms with Gasteiger partial charge in [0.05, 0.1) is 12.7 Å². The SMILES string of the molecule is COCCC(=O)NC1CCC2(C)CCC(C(C)C(=O)N3CCc4ccccc4C3)C(O)C2C1C. The zero-order valence-electron chi connectivity index (χ0n) is 21.3. The van der Waals surface area contributed by atoms with Gasteiger partial charge in [0.25, 0.3) is 0 Å². The molecule has 1 aromatic carbocycles. The summed E-state index contributed by atoms with van der Waals surface area (Å²) in [5.74, 6) is 0.146. The number of hydrogen-bond acceptors (Lipinski definition) is 4. The van der Waals surface area contributed by atoms with Crippen molar-refractivity contribution in [3.8, 4) is 0 Å². The number of nitrogens with zero attached hydrogens (tertiary/aromatic N) is 1. The van der Waals surface area contributed by atoms with Crippen LogP contribution in [0.15, 0.2) is 24.3 Å². The van der Waals surface area contributed by atoms with E-state index in [0.29, 0.717) is 19.6 Å². The van der Waals surface area contributed by atoms with Crippen LogP contribution in [0.4, 0.5) is 0 Å². The number of hydrogen-bond donors (Lipinski definition) is 2. The first-order chi connectivity index (χ1) is 16.2. The van der Waals surface area contributed by atoms with Gasteiger partial charge in [-0.2, -0.15) is 0 Å². The maximum absolute atomic E-state index is 13.5. The number of carbonyl (C=O) groups excluding carboxylic acids is 2. The molecule has 6 nitrogen and oxygen atoms in total. The molecular formula is C28H42N2O4. The Balaban J connectivity index is 1.44. The molecule has 6 heteroatoms. The van der Waals surface area contributed by atoms with E-state index in [-0.39, 0.29) is 46.9 Å². The molecule has 2 fully saturated rings. The molecule has 0 spiro atoms. The number of amides is 2. The van der Waals surface area contributed by atoms with Crippen LogP contribution in [0.25, 0.3) is 0 Å². The summed E-state index contributed by atoms with van der Waals surface area (Å²) >= 11 is 0. The van der Waals surface area contributed by atoms with E-state index in [1.165, 1.54) is 11.1 Å². The second-order valence-electron chi connectivity index (χ2n) is 11.3. The number of ether oxygens (including phenoxy) is 1. The summed E-state index contributed by atoms with van der Waals surface area (Å²) in [4.78, 5) is 27.9. The van der Waals surface area contributed by atoms with E-state index < -0.39 is 6.10 Å². The lowest BCUT2D eigenvalue weighted by Crippen LogP contribution is -2.58. The van der Waals surface area contributed by atoms with E-state index in [9.17, 15) is 14.7 Å². The molecule has 1 heterocycles. The highest BCUT2D eigenvalue weighted by Crippen LogP contribution is 2.55. The van der Waals surface area contributed by atoms with Gasteiger partial charge in [0.2, 0.25) is 11.8 Å². The zero-order valence-corrected chi connectivity index (χ0v) is 21.3. The molecule has 2 saturated carbocycles. The number of benzene rings is 1. The molecule has 0 aromatic heterocycles. The molecule has 1 aromatic rings. The lowest BCUT2D eigenvalue weighted by Gasteiger charge is -2.56. The average molecular weight is 471 g/mol. The molecule has 3 aliphatic rings. The minimum absolute atomic E-state index is 0.0121. The van der Waals surface area contributed by atoms with Gasteiger partial charge in [-0.25, -0.2) is 0 Å². The smallest absolute Gasteiger partial charge is 0.226 e. The van der Waals surface area contributed by atoms with Crippen molar-refractivity contribution in [2.75, 3.05) is 20.3 Å². The highest BCUT2D eigenvalue weighted by atomic mass is 16.5. The Morgan fingerprint density at radius 3 is 2.68 bits per heavy atom. The van der Waals surface area contributed by atoms with E-state index in [0.717, 1.165) is 38.6 Å². The van der Waals surface area contributed by atoms with E-state index in [1.807, 2.05) is 17.9 Å². The summed E-state index contributed by atoms with van der Waals surface area (Å²) in [6.07, 6.45) is 4.54. The molecule has 2 N–H and O–H groups in total. The van der Waals surface area contributed by atoms with Crippen LogP contribution in [0.1, 0.15) is 64.0 Å². The van der Waals surface area contributed by atoms with Gasteiger partial charge in [-0.1, -0.05) is 45.0 Å². The number of rotatable bonds is 6. The first-order valence-electron chi connectivity index (χ1n) is 13.1. The number of carbonyl (C=O) groups is 2. The van der Waals surface area contributed by atoms with Crippen molar-refractivity contribution in [1.29, 1.82) is 0 Å². The molecule has 1 aliphatic heterocycles. The standard InChI is InChI=1S/C28H42N2O4/c1-18(27(33)30-15-11-20-7-5-6-8-21(20)17-30)22-9-13-28(3)14-10-23(19(2)25(28)26(22)32)29-24(31)12-16-34-4/h5-8,18-19,22-23,25-26,32H,9-17H2,1-4H3,(H,29,31). The van der Waals surface area contributed by atoms with Gasteiger partial charge in [-0.15, -0.1) is 0 Å². The first kappa shape index (κ1) is 25.2. The summed E-state index contributed by atoms with van der Waals surface area (Å²) in [7, 11) is 1.60.